The van der Waals surface area contributed by atoms with Crippen molar-refractivity contribution < 1.29 is 9.59 Å². The van der Waals surface area contributed by atoms with Crippen molar-refractivity contribution in [2.24, 2.45) is 0 Å². The molecule has 1 aromatic heterocycles. The lowest BCUT2D eigenvalue weighted by Crippen LogP contribution is -2.31. The van der Waals surface area contributed by atoms with Gasteiger partial charge in [-0.3, -0.25) is 9.59 Å². The molecular formula is C30H21N3O2. The second-order valence-corrected chi connectivity index (χ2v) is 9.06. The number of carbonyl (C=O) groups excluding carboxylic acids is 2. The second-order valence-electron chi connectivity index (χ2n) is 9.06. The fourth-order valence-electron chi connectivity index (χ4n) is 5.55. The second kappa shape index (κ2) is 7.41. The maximum Gasteiger partial charge on any atom is 0.268 e. The molecular weight excluding hydrogens is 434 g/mol. The van der Waals surface area contributed by atoms with Crippen molar-refractivity contribution in [3.8, 4) is 11.8 Å². The van der Waals surface area contributed by atoms with Crippen molar-refractivity contribution in [1.29, 1.82) is 5.26 Å². The Labute approximate surface area is 202 Å². The first-order chi connectivity index (χ1) is 16.9. The van der Waals surface area contributed by atoms with Crippen molar-refractivity contribution in [1.82, 2.24) is 4.57 Å². The molecule has 0 radical (unpaired) electrons. The number of amides is 2. The Balaban J connectivity index is 1.66. The molecule has 0 N–H and O–H groups in total. The molecule has 6 rings (SSSR count). The maximum absolute atomic E-state index is 13.9. The van der Waals surface area contributed by atoms with Crippen LogP contribution in [0.2, 0.25) is 0 Å². The van der Waals surface area contributed by atoms with Crippen LogP contribution in [0.15, 0.2) is 72.8 Å². The summed E-state index contributed by atoms with van der Waals surface area (Å²) in [5.74, 6) is -0.654. The molecule has 168 valence electrons. The maximum atomic E-state index is 13.9. The summed E-state index contributed by atoms with van der Waals surface area (Å²) >= 11 is 0. The van der Waals surface area contributed by atoms with E-state index >= 15 is 0 Å². The number of fused-ring (bicyclic) bond motifs is 4. The van der Waals surface area contributed by atoms with E-state index in [4.69, 9.17) is 0 Å². The van der Waals surface area contributed by atoms with Crippen LogP contribution in [-0.2, 0) is 0 Å². The summed E-state index contributed by atoms with van der Waals surface area (Å²) in [6.07, 6.45) is 0. The molecule has 5 nitrogen and oxygen atoms in total. The number of nitrogens with zero attached hydrogens (tertiary/aromatic N) is 3. The quantitative estimate of drug-likeness (QED) is 0.290. The number of aryl methyl sites for hydroxylation is 3. The molecule has 0 saturated heterocycles. The van der Waals surface area contributed by atoms with Crippen LogP contribution < -0.4 is 4.90 Å². The zero-order valence-electron chi connectivity index (χ0n) is 19.6. The highest BCUT2D eigenvalue weighted by molar-refractivity contribution is 6.36. The summed E-state index contributed by atoms with van der Waals surface area (Å²) in [5.41, 5.74) is 7.15. The van der Waals surface area contributed by atoms with Gasteiger partial charge in [0.15, 0.2) is 0 Å². The average molecular weight is 456 g/mol. The number of aromatic nitrogens is 1. The number of rotatable bonds is 2. The Morgan fingerprint density at radius 3 is 2.20 bits per heavy atom. The van der Waals surface area contributed by atoms with Crippen molar-refractivity contribution in [2.45, 2.75) is 20.8 Å². The van der Waals surface area contributed by atoms with E-state index in [1.54, 1.807) is 12.1 Å². The van der Waals surface area contributed by atoms with Crippen LogP contribution in [0.4, 0.5) is 5.69 Å². The van der Waals surface area contributed by atoms with Gasteiger partial charge in [-0.05, 0) is 62.2 Å². The number of para-hydroxylation sites is 1. The van der Waals surface area contributed by atoms with Gasteiger partial charge in [0.2, 0.25) is 0 Å². The van der Waals surface area contributed by atoms with Crippen LogP contribution >= 0.6 is 0 Å². The highest BCUT2D eigenvalue weighted by Crippen LogP contribution is 2.39. The molecule has 0 atom stereocenters. The van der Waals surface area contributed by atoms with Gasteiger partial charge in [0.1, 0.15) is 0 Å². The summed E-state index contributed by atoms with van der Waals surface area (Å²) in [6, 6.07) is 25.1. The molecule has 0 bridgehead atoms. The number of hydrogen-bond acceptors (Lipinski definition) is 3. The standard InChI is InChI=1S/C30H21N3O2/c1-17-14-18(2)28(19(3)15-17)33-29(34)22-10-7-13-25(27(22)30(33)35)32-23-11-5-4-9-21(23)26-20(16-31)8-6-12-24(26)32/h4-15H,1-3H3. The zero-order chi connectivity index (χ0) is 24.4. The Morgan fingerprint density at radius 1 is 0.771 bits per heavy atom. The van der Waals surface area contributed by atoms with Crippen LogP contribution in [0.3, 0.4) is 0 Å². The van der Waals surface area contributed by atoms with Gasteiger partial charge in [-0.25, -0.2) is 4.90 Å². The molecule has 4 aromatic carbocycles. The first-order valence-electron chi connectivity index (χ1n) is 11.4. The number of nitriles is 1. The molecule has 2 amide bonds. The van der Waals surface area contributed by atoms with Gasteiger partial charge in [0.05, 0.1) is 45.2 Å². The largest absolute Gasteiger partial charge is 0.308 e. The molecule has 35 heavy (non-hydrogen) atoms. The van der Waals surface area contributed by atoms with Crippen LogP contribution in [0.1, 0.15) is 43.0 Å². The Morgan fingerprint density at radius 2 is 1.46 bits per heavy atom. The fourth-order valence-corrected chi connectivity index (χ4v) is 5.55. The first kappa shape index (κ1) is 20.9. The van der Waals surface area contributed by atoms with E-state index in [-0.39, 0.29) is 11.8 Å². The van der Waals surface area contributed by atoms with Gasteiger partial charge in [-0.2, -0.15) is 5.26 Å². The molecule has 0 unspecified atom stereocenters. The molecule has 5 aromatic rings. The minimum atomic E-state index is -0.335. The SMILES string of the molecule is Cc1cc(C)c(N2C(=O)c3cccc(-n4c5ccccc5c5c(C#N)cccc54)c3C2=O)c(C)c1. The van der Waals surface area contributed by atoms with E-state index in [1.807, 2.05) is 86.0 Å². The van der Waals surface area contributed by atoms with Gasteiger partial charge < -0.3 is 4.57 Å². The predicted octanol–water partition coefficient (Wildman–Crippen LogP) is 6.38. The molecule has 0 aliphatic carbocycles. The van der Waals surface area contributed by atoms with Crippen LogP contribution in [0.25, 0.3) is 27.5 Å². The summed E-state index contributed by atoms with van der Waals surface area (Å²) in [4.78, 5) is 28.9. The van der Waals surface area contributed by atoms with E-state index in [9.17, 15) is 14.9 Å². The molecule has 5 heteroatoms. The van der Waals surface area contributed by atoms with Gasteiger partial charge >= 0.3 is 0 Å². The number of imide groups is 1. The van der Waals surface area contributed by atoms with Crippen LogP contribution in [-0.4, -0.2) is 16.4 Å². The highest BCUT2D eigenvalue weighted by Gasteiger charge is 2.40. The van der Waals surface area contributed by atoms with E-state index < -0.39 is 0 Å². The monoisotopic (exact) mass is 455 g/mol. The number of anilines is 1. The average Bonchev–Trinajstić information content (AvgIpc) is 3.31. The fraction of sp³-hybridized carbons (Fsp3) is 0.100. The summed E-state index contributed by atoms with van der Waals surface area (Å²) in [5, 5.41) is 11.5. The zero-order valence-corrected chi connectivity index (χ0v) is 19.6. The highest BCUT2D eigenvalue weighted by atomic mass is 16.2. The van der Waals surface area contributed by atoms with Gasteiger partial charge in [0, 0.05) is 10.8 Å². The number of benzene rings is 4. The van der Waals surface area contributed by atoms with Crippen molar-refractivity contribution in [3.05, 3.63) is 106 Å². The Bertz CT molecular complexity index is 1760. The van der Waals surface area contributed by atoms with E-state index in [0.717, 1.165) is 38.5 Å². The third-order valence-corrected chi connectivity index (χ3v) is 6.81. The summed E-state index contributed by atoms with van der Waals surface area (Å²) in [6.45, 7) is 5.86. The predicted molar refractivity (Wildman–Crippen MR) is 137 cm³/mol. The molecule has 1 aliphatic rings. The van der Waals surface area contributed by atoms with Crippen LogP contribution in [0, 0.1) is 32.1 Å². The van der Waals surface area contributed by atoms with Crippen molar-refractivity contribution in [3.63, 3.8) is 0 Å². The van der Waals surface area contributed by atoms with Crippen molar-refractivity contribution >= 4 is 39.3 Å². The molecule has 1 aliphatic heterocycles. The lowest BCUT2D eigenvalue weighted by molar-refractivity contribution is 0.0925. The van der Waals surface area contributed by atoms with Crippen LogP contribution in [0.5, 0.6) is 0 Å². The minimum absolute atomic E-state index is 0.319. The van der Waals surface area contributed by atoms with Gasteiger partial charge in [-0.15, -0.1) is 0 Å². The Kier molecular flexibility index (Phi) is 4.42. The normalized spacial score (nSPS) is 13.0. The molecule has 2 heterocycles. The third-order valence-electron chi connectivity index (χ3n) is 6.81. The van der Waals surface area contributed by atoms with E-state index in [0.29, 0.717) is 28.1 Å². The third kappa shape index (κ3) is 2.80. The number of carbonyl (C=O) groups is 2. The minimum Gasteiger partial charge on any atom is -0.308 e. The lowest BCUT2D eigenvalue weighted by atomic mass is 10.0. The Hall–Kier alpha value is -4.69. The molecule has 0 saturated carbocycles. The van der Waals surface area contributed by atoms with Gasteiger partial charge in [-0.1, -0.05) is 48.0 Å². The van der Waals surface area contributed by atoms with E-state index in [2.05, 4.69) is 6.07 Å². The summed E-state index contributed by atoms with van der Waals surface area (Å²) in [7, 11) is 0. The molecule has 0 spiro atoms. The topological polar surface area (TPSA) is 66.1 Å². The van der Waals surface area contributed by atoms with Gasteiger partial charge in [0.25, 0.3) is 11.8 Å². The summed E-state index contributed by atoms with van der Waals surface area (Å²) < 4.78 is 1.99. The smallest absolute Gasteiger partial charge is 0.268 e. The van der Waals surface area contributed by atoms with Crippen molar-refractivity contribution in [2.75, 3.05) is 4.90 Å². The molecule has 0 fully saturated rings. The number of hydrogen-bond donors (Lipinski definition) is 0. The lowest BCUT2D eigenvalue weighted by Gasteiger charge is -2.20. The first-order valence-corrected chi connectivity index (χ1v) is 11.4. The van der Waals surface area contributed by atoms with E-state index in [1.165, 1.54) is 4.90 Å².